The van der Waals surface area contributed by atoms with Gasteiger partial charge in [0.1, 0.15) is 11.3 Å². The number of likely N-dealkylation sites (N-methyl/N-ethyl adjacent to an activating group) is 1. The summed E-state index contributed by atoms with van der Waals surface area (Å²) in [6.45, 7) is 2.09. The minimum absolute atomic E-state index is 0.200. The van der Waals surface area contributed by atoms with Crippen LogP contribution >= 0.6 is 11.9 Å². The molecule has 1 fully saturated rings. The summed E-state index contributed by atoms with van der Waals surface area (Å²) in [5, 5.41) is 0. The fraction of sp³-hybridized carbons (Fsp3) is 0.545. The highest BCUT2D eigenvalue weighted by atomic mass is 32.2. The number of anilines is 1. The molecule has 0 bridgehead atoms. The first-order chi connectivity index (χ1) is 14.1. The summed E-state index contributed by atoms with van der Waals surface area (Å²) in [7, 11) is 5.64. The lowest BCUT2D eigenvalue weighted by atomic mass is 9.97. The third-order valence-corrected chi connectivity index (χ3v) is 6.93. The van der Waals surface area contributed by atoms with Crippen LogP contribution in [0.3, 0.4) is 0 Å². The Morgan fingerprint density at radius 2 is 1.93 bits per heavy atom. The van der Waals surface area contributed by atoms with E-state index in [1.807, 2.05) is 6.20 Å². The normalized spacial score (nSPS) is 18.9. The Morgan fingerprint density at radius 3 is 2.62 bits per heavy atom. The van der Waals surface area contributed by atoms with Crippen molar-refractivity contribution in [2.45, 2.75) is 49.0 Å². The van der Waals surface area contributed by atoms with Crippen LogP contribution in [0, 0.1) is 0 Å². The summed E-state index contributed by atoms with van der Waals surface area (Å²) in [6, 6.07) is 6.39. The van der Waals surface area contributed by atoms with E-state index < -0.39 is 0 Å². The second kappa shape index (κ2) is 8.90. The average molecular weight is 415 g/mol. The highest BCUT2D eigenvalue weighted by Gasteiger charge is 2.36. The van der Waals surface area contributed by atoms with Crippen LogP contribution in [-0.4, -0.2) is 49.2 Å². The molecule has 0 amide bonds. The molecule has 1 saturated carbocycles. The van der Waals surface area contributed by atoms with E-state index >= 15 is 0 Å². The van der Waals surface area contributed by atoms with Gasteiger partial charge in [0.25, 0.3) is 0 Å². The van der Waals surface area contributed by atoms with Crippen molar-refractivity contribution in [3.8, 4) is 5.88 Å². The molecule has 6 nitrogen and oxygen atoms in total. The van der Waals surface area contributed by atoms with Gasteiger partial charge in [-0.1, -0.05) is 12.8 Å². The molecule has 0 aromatic carbocycles. The topological polar surface area (TPSA) is 59.5 Å². The van der Waals surface area contributed by atoms with Crippen LogP contribution in [0.15, 0.2) is 29.3 Å². The maximum Gasteiger partial charge on any atom is 0.238 e. The number of rotatable bonds is 6. The summed E-state index contributed by atoms with van der Waals surface area (Å²) in [5.74, 6) is 0.648. The SMILES string of the molecule is COc1nc2c(cc1NSc1ccc(C3(OC)CCCC3)nc1)CCN(C)CC2. The molecule has 0 atom stereocenters. The quantitative estimate of drug-likeness (QED) is 0.716. The molecule has 0 saturated heterocycles. The van der Waals surface area contributed by atoms with Gasteiger partial charge in [-0.25, -0.2) is 4.98 Å². The van der Waals surface area contributed by atoms with Gasteiger partial charge in [-0.3, -0.25) is 4.98 Å². The molecule has 2 aromatic rings. The van der Waals surface area contributed by atoms with E-state index in [2.05, 4.69) is 34.9 Å². The van der Waals surface area contributed by atoms with Gasteiger partial charge < -0.3 is 19.1 Å². The van der Waals surface area contributed by atoms with E-state index in [1.165, 1.54) is 30.4 Å². The molecule has 3 heterocycles. The Balaban J connectivity index is 1.47. The fourth-order valence-electron chi connectivity index (χ4n) is 4.29. The molecule has 0 spiro atoms. The lowest BCUT2D eigenvalue weighted by Gasteiger charge is -2.26. The van der Waals surface area contributed by atoms with Gasteiger partial charge >= 0.3 is 0 Å². The van der Waals surface area contributed by atoms with Crippen molar-refractivity contribution >= 4 is 17.6 Å². The van der Waals surface area contributed by atoms with Crippen LogP contribution in [0.1, 0.15) is 42.6 Å². The molecule has 0 unspecified atom stereocenters. The number of hydrogen-bond donors (Lipinski definition) is 1. The van der Waals surface area contributed by atoms with Gasteiger partial charge in [0.05, 0.1) is 12.8 Å². The van der Waals surface area contributed by atoms with Crippen LogP contribution in [0.5, 0.6) is 5.88 Å². The first-order valence-electron chi connectivity index (χ1n) is 10.3. The molecule has 156 valence electrons. The van der Waals surface area contributed by atoms with Crippen molar-refractivity contribution in [2.24, 2.45) is 0 Å². The van der Waals surface area contributed by atoms with Gasteiger partial charge in [-0.2, -0.15) is 0 Å². The Bertz CT molecular complexity index is 837. The summed E-state index contributed by atoms with van der Waals surface area (Å²) in [6.07, 6.45) is 8.40. The second-order valence-corrected chi connectivity index (χ2v) is 8.82. The molecule has 7 heteroatoms. The van der Waals surface area contributed by atoms with Crippen molar-refractivity contribution in [1.82, 2.24) is 14.9 Å². The summed E-state index contributed by atoms with van der Waals surface area (Å²) < 4.78 is 14.8. The van der Waals surface area contributed by atoms with Crippen LogP contribution in [0.25, 0.3) is 0 Å². The van der Waals surface area contributed by atoms with Gasteiger partial charge in [0.15, 0.2) is 0 Å². The molecular formula is C22H30N4O2S. The highest BCUT2D eigenvalue weighted by Crippen LogP contribution is 2.41. The van der Waals surface area contributed by atoms with E-state index in [9.17, 15) is 0 Å². The number of nitrogens with zero attached hydrogens (tertiary/aromatic N) is 3. The van der Waals surface area contributed by atoms with Gasteiger partial charge in [-0.05, 0) is 62.0 Å². The number of nitrogens with one attached hydrogen (secondary N) is 1. The van der Waals surface area contributed by atoms with Crippen LogP contribution < -0.4 is 9.46 Å². The van der Waals surface area contributed by atoms with Crippen molar-refractivity contribution < 1.29 is 9.47 Å². The predicted octanol–water partition coefficient (Wildman–Crippen LogP) is 4.05. The van der Waals surface area contributed by atoms with Crippen molar-refractivity contribution in [2.75, 3.05) is 39.1 Å². The standard InChI is InChI=1S/C22H30N4O2S/c1-26-12-8-16-14-19(21(27-2)24-18(16)9-13-26)25-29-17-6-7-20(23-15-17)22(28-3)10-4-5-11-22/h6-7,14-15,25H,4-5,8-13H2,1-3H3. The minimum Gasteiger partial charge on any atom is -0.479 e. The second-order valence-electron chi connectivity index (χ2n) is 7.94. The fourth-order valence-corrected chi connectivity index (χ4v) is 4.91. The van der Waals surface area contributed by atoms with E-state index in [1.54, 1.807) is 14.2 Å². The zero-order valence-corrected chi connectivity index (χ0v) is 18.3. The summed E-state index contributed by atoms with van der Waals surface area (Å²) >= 11 is 1.53. The number of pyridine rings is 2. The maximum absolute atomic E-state index is 5.84. The first kappa shape index (κ1) is 20.4. The van der Waals surface area contributed by atoms with E-state index in [0.717, 1.165) is 60.7 Å². The third kappa shape index (κ3) is 4.37. The zero-order chi connectivity index (χ0) is 20.3. The zero-order valence-electron chi connectivity index (χ0n) is 17.5. The predicted molar refractivity (Wildman–Crippen MR) is 117 cm³/mol. The van der Waals surface area contributed by atoms with Crippen molar-refractivity contribution in [3.05, 3.63) is 41.3 Å². The molecule has 2 aliphatic rings. The number of hydrogen-bond acceptors (Lipinski definition) is 7. The molecule has 1 aliphatic heterocycles. The maximum atomic E-state index is 5.84. The largest absolute Gasteiger partial charge is 0.479 e. The monoisotopic (exact) mass is 414 g/mol. The third-order valence-electron chi connectivity index (χ3n) is 6.13. The Kier molecular flexibility index (Phi) is 6.27. The van der Waals surface area contributed by atoms with Gasteiger partial charge in [0, 0.05) is 43.4 Å². The lowest BCUT2D eigenvalue weighted by Crippen LogP contribution is -2.25. The van der Waals surface area contributed by atoms with Crippen molar-refractivity contribution in [1.29, 1.82) is 0 Å². The molecule has 0 radical (unpaired) electrons. The van der Waals surface area contributed by atoms with Gasteiger partial charge in [0.2, 0.25) is 5.88 Å². The smallest absolute Gasteiger partial charge is 0.238 e. The van der Waals surface area contributed by atoms with E-state index in [4.69, 9.17) is 19.4 Å². The molecule has 1 N–H and O–H groups in total. The first-order valence-corrected chi connectivity index (χ1v) is 11.1. The Morgan fingerprint density at radius 1 is 1.14 bits per heavy atom. The summed E-state index contributed by atoms with van der Waals surface area (Å²) in [5.41, 5.74) is 4.20. The molecule has 29 heavy (non-hydrogen) atoms. The molecular weight excluding hydrogens is 384 g/mol. The molecule has 2 aromatic heterocycles. The van der Waals surface area contributed by atoms with Crippen LogP contribution in [0.4, 0.5) is 5.69 Å². The average Bonchev–Trinajstić information content (AvgIpc) is 3.18. The highest BCUT2D eigenvalue weighted by molar-refractivity contribution is 8.00. The van der Waals surface area contributed by atoms with E-state index in [-0.39, 0.29) is 5.60 Å². The Labute approximate surface area is 177 Å². The number of methoxy groups -OCH3 is 2. The Hall–Kier alpha value is -1.83. The molecule has 4 rings (SSSR count). The number of aromatic nitrogens is 2. The van der Waals surface area contributed by atoms with Crippen molar-refractivity contribution in [3.63, 3.8) is 0 Å². The molecule has 1 aliphatic carbocycles. The minimum atomic E-state index is -0.200. The van der Waals surface area contributed by atoms with Crippen LogP contribution in [-0.2, 0) is 23.2 Å². The lowest BCUT2D eigenvalue weighted by molar-refractivity contribution is -0.0124. The number of ether oxygens (including phenoxy) is 2. The number of fused-ring (bicyclic) bond motifs is 1. The van der Waals surface area contributed by atoms with E-state index in [0.29, 0.717) is 5.88 Å². The summed E-state index contributed by atoms with van der Waals surface area (Å²) in [4.78, 5) is 12.9. The van der Waals surface area contributed by atoms with Crippen LogP contribution in [0.2, 0.25) is 0 Å². The van der Waals surface area contributed by atoms with Gasteiger partial charge in [-0.15, -0.1) is 0 Å².